The minimum Gasteiger partial charge on any atom is -0.309 e. The molecule has 13 aromatic rings. The predicted octanol–water partition coefficient (Wildman–Crippen LogP) is 17.4. The molecule has 0 fully saturated rings. The number of rotatable bonds is 5. The summed E-state index contributed by atoms with van der Waals surface area (Å²) >= 11 is 3.66. The highest BCUT2D eigenvalue weighted by Crippen LogP contribution is 2.51. The van der Waals surface area contributed by atoms with E-state index in [1.54, 1.807) is 24.3 Å². The maximum Gasteiger partial charge on any atom is 0.123 e. The van der Waals surface area contributed by atoms with Crippen LogP contribution in [0.5, 0.6) is 0 Å². The Morgan fingerprint density at radius 2 is 0.778 bits per heavy atom. The first-order chi connectivity index (χ1) is 30.9. The molecule has 2 nitrogen and oxygen atoms in total. The second kappa shape index (κ2) is 13.7. The molecule has 9 aromatic carbocycles. The lowest BCUT2D eigenvalue weighted by Gasteiger charge is -2.27. The maximum atomic E-state index is 15.0. The van der Waals surface area contributed by atoms with Gasteiger partial charge in [-0.3, -0.25) is 0 Å². The number of aromatic nitrogens is 2. The van der Waals surface area contributed by atoms with Gasteiger partial charge in [0.05, 0.1) is 33.4 Å². The summed E-state index contributed by atoms with van der Waals surface area (Å²) in [5.41, 5.74) is 11.3. The molecule has 63 heavy (non-hydrogen) atoms. The molecule has 0 N–H and O–H groups in total. The van der Waals surface area contributed by atoms with Gasteiger partial charge in [-0.2, -0.15) is 0 Å². The summed E-state index contributed by atoms with van der Waals surface area (Å²) in [4.78, 5) is 0. The van der Waals surface area contributed by atoms with Crippen molar-refractivity contribution < 1.29 is 8.78 Å². The van der Waals surface area contributed by atoms with Gasteiger partial charge >= 0.3 is 0 Å². The number of hydrogen-bond acceptors (Lipinski definition) is 2. The van der Waals surface area contributed by atoms with Crippen LogP contribution in [0.25, 0.3) is 118 Å². The van der Waals surface area contributed by atoms with Crippen molar-refractivity contribution in [3.63, 3.8) is 0 Å². The smallest absolute Gasteiger partial charge is 0.123 e. The van der Waals surface area contributed by atoms with Gasteiger partial charge in [0.2, 0.25) is 0 Å². The fourth-order valence-corrected chi connectivity index (χ4v) is 12.7. The molecule has 0 spiro atoms. The van der Waals surface area contributed by atoms with Gasteiger partial charge in [0, 0.05) is 73.0 Å². The van der Waals surface area contributed by atoms with E-state index < -0.39 is 0 Å². The van der Waals surface area contributed by atoms with Crippen LogP contribution in [-0.2, 0) is 0 Å². The van der Waals surface area contributed by atoms with Crippen molar-refractivity contribution in [2.24, 2.45) is 0 Å². The minimum atomic E-state index is -0.289. The van der Waals surface area contributed by atoms with Gasteiger partial charge in [0.15, 0.2) is 0 Å². The van der Waals surface area contributed by atoms with Gasteiger partial charge in [-0.25, -0.2) is 8.78 Å². The van der Waals surface area contributed by atoms with Crippen molar-refractivity contribution in [2.45, 2.75) is 19.8 Å². The summed E-state index contributed by atoms with van der Waals surface area (Å²) in [6.45, 7) is 4.48. The molecular formula is C57H36F2N2S2. The van der Waals surface area contributed by atoms with E-state index in [4.69, 9.17) is 0 Å². The lowest BCUT2D eigenvalue weighted by molar-refractivity contribution is 0.627. The molecule has 4 heterocycles. The van der Waals surface area contributed by atoms with E-state index in [1.807, 2.05) is 46.9 Å². The zero-order valence-corrected chi connectivity index (χ0v) is 35.9. The second-order valence-corrected chi connectivity index (χ2v) is 19.0. The number of benzene rings is 9. The maximum absolute atomic E-state index is 15.0. The van der Waals surface area contributed by atoms with E-state index in [-0.39, 0.29) is 17.6 Å². The van der Waals surface area contributed by atoms with Crippen molar-refractivity contribution >= 4 is 107 Å². The molecular weight excluding hydrogens is 815 g/mol. The number of nitrogens with zero attached hydrogens (tertiary/aromatic N) is 2. The van der Waals surface area contributed by atoms with Crippen LogP contribution in [0, 0.1) is 11.6 Å². The molecule has 300 valence electrons. The SMILES string of the molecule is CC(C)c1c(-c2ccc(F)cc2)c(-n2c3ccccc3c3c4c(ccc32)sc2ccccc24)cc(-n2c3ccccc3c3c4c(ccc32)sc2ccccc24)c1-c1ccc(F)cc1. The van der Waals surface area contributed by atoms with Gasteiger partial charge in [-0.15, -0.1) is 22.7 Å². The van der Waals surface area contributed by atoms with E-state index in [2.05, 4.69) is 150 Å². The van der Waals surface area contributed by atoms with E-state index in [0.717, 1.165) is 61.3 Å². The zero-order valence-electron chi connectivity index (χ0n) is 34.3. The molecule has 0 saturated carbocycles. The molecule has 0 saturated heterocycles. The van der Waals surface area contributed by atoms with Crippen molar-refractivity contribution in [1.29, 1.82) is 0 Å². The highest BCUT2D eigenvalue weighted by molar-refractivity contribution is 7.26. The van der Waals surface area contributed by atoms with E-state index in [9.17, 15) is 8.78 Å². The minimum absolute atomic E-state index is 0.00923. The highest BCUT2D eigenvalue weighted by Gasteiger charge is 2.29. The Labute approximate surface area is 369 Å². The van der Waals surface area contributed by atoms with Gasteiger partial charge in [-0.05, 0) is 101 Å². The quantitative estimate of drug-likeness (QED) is 0.163. The Balaban J connectivity index is 1.27. The number of halogens is 2. The third-order valence-corrected chi connectivity index (χ3v) is 15.3. The predicted molar refractivity (Wildman–Crippen MR) is 266 cm³/mol. The van der Waals surface area contributed by atoms with E-state index >= 15 is 0 Å². The lowest BCUT2D eigenvalue weighted by atomic mass is 9.83. The van der Waals surface area contributed by atoms with Crippen molar-refractivity contribution in [3.05, 3.63) is 193 Å². The Morgan fingerprint density at radius 3 is 1.21 bits per heavy atom. The van der Waals surface area contributed by atoms with Crippen LogP contribution >= 0.6 is 22.7 Å². The Morgan fingerprint density at radius 1 is 0.381 bits per heavy atom. The first-order valence-corrected chi connectivity index (χ1v) is 23.0. The number of fused-ring (bicyclic) bond motifs is 14. The zero-order chi connectivity index (χ0) is 42.1. The Kier molecular flexibility index (Phi) is 7.94. The largest absolute Gasteiger partial charge is 0.309 e. The van der Waals surface area contributed by atoms with Gasteiger partial charge < -0.3 is 9.13 Å². The van der Waals surface area contributed by atoms with Crippen LogP contribution in [0.4, 0.5) is 8.78 Å². The summed E-state index contributed by atoms with van der Waals surface area (Å²) in [5, 5.41) is 9.78. The standard InChI is InChI=1S/C57H36F2N2S2/c1-32(2)51-52(33-19-23-35(58)24-20-33)45(60-41-15-7-3-11-37(41)54-43(60)27-29-49-56(54)39-13-5-9-17-47(39)62-49)31-46(53(51)34-21-25-36(59)26-22-34)61-42-16-8-4-12-38(42)55-44(61)28-30-50-57(55)40-14-6-10-18-48(40)63-50/h3-32H,1-2H3. The van der Waals surface area contributed by atoms with E-state index in [0.29, 0.717) is 0 Å². The van der Waals surface area contributed by atoms with Crippen molar-refractivity contribution in [2.75, 3.05) is 0 Å². The molecule has 0 aliphatic carbocycles. The molecule has 0 atom stereocenters. The summed E-state index contributed by atoms with van der Waals surface area (Å²) in [5.74, 6) is -0.587. The van der Waals surface area contributed by atoms with Crippen LogP contribution in [0.1, 0.15) is 25.3 Å². The van der Waals surface area contributed by atoms with Crippen LogP contribution in [0.15, 0.2) is 176 Å². The highest BCUT2D eigenvalue weighted by atomic mass is 32.1. The first kappa shape index (κ1) is 36.5. The fraction of sp³-hybridized carbons (Fsp3) is 0.0526. The molecule has 6 heteroatoms. The normalized spacial score (nSPS) is 12.3. The van der Waals surface area contributed by atoms with Gasteiger partial charge in [-0.1, -0.05) is 111 Å². The van der Waals surface area contributed by atoms with Crippen molar-refractivity contribution in [3.8, 4) is 33.6 Å². The van der Waals surface area contributed by atoms with Crippen LogP contribution < -0.4 is 0 Å². The monoisotopic (exact) mass is 850 g/mol. The summed E-state index contributed by atoms with van der Waals surface area (Å²) in [7, 11) is 0. The average Bonchev–Trinajstić information content (AvgIpc) is 4.06. The second-order valence-electron chi connectivity index (χ2n) is 16.8. The number of para-hydroxylation sites is 2. The Bertz CT molecular complexity index is 3760. The summed E-state index contributed by atoms with van der Waals surface area (Å²) < 4.78 is 39.8. The Hall–Kier alpha value is -7.12. The van der Waals surface area contributed by atoms with Crippen LogP contribution in [0.3, 0.4) is 0 Å². The van der Waals surface area contributed by atoms with Gasteiger partial charge in [0.25, 0.3) is 0 Å². The lowest BCUT2D eigenvalue weighted by Crippen LogP contribution is -2.09. The molecule has 0 unspecified atom stereocenters. The van der Waals surface area contributed by atoms with Crippen LogP contribution in [-0.4, -0.2) is 9.13 Å². The van der Waals surface area contributed by atoms with Gasteiger partial charge in [0.1, 0.15) is 11.6 Å². The summed E-state index contributed by atoms with van der Waals surface area (Å²) in [6, 6.07) is 60.2. The third kappa shape index (κ3) is 5.26. The number of thiophene rings is 2. The first-order valence-electron chi connectivity index (χ1n) is 21.3. The summed E-state index contributed by atoms with van der Waals surface area (Å²) in [6.07, 6.45) is 0. The molecule has 0 bridgehead atoms. The molecule has 0 radical (unpaired) electrons. The molecule has 13 rings (SSSR count). The van der Waals surface area contributed by atoms with Crippen LogP contribution in [0.2, 0.25) is 0 Å². The van der Waals surface area contributed by atoms with E-state index in [1.165, 1.54) is 61.9 Å². The molecule has 0 amide bonds. The molecule has 4 aromatic heterocycles. The third-order valence-electron chi connectivity index (χ3n) is 13.0. The fourth-order valence-electron chi connectivity index (χ4n) is 10.5. The molecule has 0 aliphatic rings. The average molecular weight is 851 g/mol. The molecule has 0 aliphatic heterocycles. The van der Waals surface area contributed by atoms with Crippen molar-refractivity contribution in [1.82, 2.24) is 9.13 Å². The number of hydrogen-bond donors (Lipinski definition) is 0. The topological polar surface area (TPSA) is 9.86 Å².